The van der Waals surface area contributed by atoms with Gasteiger partial charge in [-0.3, -0.25) is 0 Å². The molecular formula is C48H31N3. The molecule has 0 spiro atoms. The number of fused-ring (bicyclic) bond motifs is 10. The fourth-order valence-electron chi connectivity index (χ4n) is 8.48. The molecule has 0 unspecified atom stereocenters. The first-order valence-corrected chi connectivity index (χ1v) is 17.5. The average molecular weight is 650 g/mol. The van der Waals surface area contributed by atoms with Gasteiger partial charge in [0.1, 0.15) is 0 Å². The SMILES string of the molecule is c1ccc(-n2c3ccccc3c3c4c5ccccc5n(-c5ccc(-c6cccc(-n7c8ccccc8c8ccccc87)c6)cc5)c4ccc32)cc1. The van der Waals surface area contributed by atoms with Crippen molar-refractivity contribution in [3.8, 4) is 28.2 Å². The Kier molecular flexibility index (Phi) is 5.96. The van der Waals surface area contributed by atoms with Crippen molar-refractivity contribution in [3.63, 3.8) is 0 Å². The maximum Gasteiger partial charge on any atom is 0.0548 e. The molecule has 0 fully saturated rings. The lowest BCUT2D eigenvalue weighted by Crippen LogP contribution is -1.95. The zero-order chi connectivity index (χ0) is 33.5. The molecule has 11 aromatic rings. The van der Waals surface area contributed by atoms with E-state index in [1.165, 1.54) is 82.2 Å². The van der Waals surface area contributed by atoms with Crippen molar-refractivity contribution < 1.29 is 0 Å². The summed E-state index contributed by atoms with van der Waals surface area (Å²) in [6.07, 6.45) is 0. The van der Waals surface area contributed by atoms with Gasteiger partial charge in [0, 0.05) is 49.4 Å². The summed E-state index contributed by atoms with van der Waals surface area (Å²) in [5.74, 6) is 0. The first kappa shape index (κ1) is 28.0. The number of benzene rings is 8. The molecule has 3 heterocycles. The van der Waals surface area contributed by atoms with Crippen LogP contribution in [0.15, 0.2) is 188 Å². The molecular weight excluding hydrogens is 619 g/mol. The Morgan fingerprint density at radius 1 is 0.235 bits per heavy atom. The maximum atomic E-state index is 2.43. The molecule has 51 heavy (non-hydrogen) atoms. The van der Waals surface area contributed by atoms with Crippen molar-refractivity contribution in [1.29, 1.82) is 0 Å². The van der Waals surface area contributed by atoms with Crippen molar-refractivity contribution >= 4 is 65.4 Å². The van der Waals surface area contributed by atoms with Gasteiger partial charge in [0.05, 0.1) is 33.1 Å². The summed E-state index contributed by atoms with van der Waals surface area (Å²) >= 11 is 0. The van der Waals surface area contributed by atoms with Crippen molar-refractivity contribution in [2.45, 2.75) is 0 Å². The molecule has 238 valence electrons. The first-order valence-electron chi connectivity index (χ1n) is 17.5. The highest BCUT2D eigenvalue weighted by atomic mass is 15.0. The molecule has 0 atom stereocenters. The predicted molar refractivity (Wildman–Crippen MR) is 215 cm³/mol. The van der Waals surface area contributed by atoms with Crippen LogP contribution >= 0.6 is 0 Å². The molecule has 3 aromatic heterocycles. The van der Waals surface area contributed by atoms with E-state index in [-0.39, 0.29) is 0 Å². The second-order valence-corrected chi connectivity index (χ2v) is 13.4. The molecule has 0 saturated carbocycles. The smallest absolute Gasteiger partial charge is 0.0548 e. The Bertz CT molecular complexity index is 3070. The summed E-state index contributed by atoms with van der Waals surface area (Å²) in [6, 6.07) is 68.3. The monoisotopic (exact) mass is 649 g/mol. The quantitative estimate of drug-likeness (QED) is 0.180. The molecule has 0 aliphatic carbocycles. The van der Waals surface area contributed by atoms with E-state index in [4.69, 9.17) is 0 Å². The Morgan fingerprint density at radius 2 is 0.647 bits per heavy atom. The Balaban J connectivity index is 1.08. The minimum atomic E-state index is 1.15. The third-order valence-electron chi connectivity index (χ3n) is 10.6. The fraction of sp³-hybridized carbons (Fsp3) is 0. The van der Waals surface area contributed by atoms with E-state index in [2.05, 4.69) is 202 Å². The van der Waals surface area contributed by atoms with Crippen molar-refractivity contribution in [2.75, 3.05) is 0 Å². The lowest BCUT2D eigenvalue weighted by Gasteiger charge is -2.12. The standard InChI is InChI=1S/C48H31N3/c1-2-14-34(15-3-1)49-43-23-10-6-19-39(43)47-45(49)29-30-46-48(47)40-20-7-11-24-44(40)50(46)35-27-25-32(26-28-35)33-13-12-16-36(31-33)51-41-21-8-4-17-37(41)38-18-5-9-22-42(38)51/h1-31H. The molecule has 8 aromatic carbocycles. The highest BCUT2D eigenvalue weighted by Crippen LogP contribution is 2.42. The molecule has 3 nitrogen and oxygen atoms in total. The summed E-state index contributed by atoms with van der Waals surface area (Å²) < 4.78 is 7.21. The second kappa shape index (κ2) is 10.8. The van der Waals surface area contributed by atoms with Crippen molar-refractivity contribution in [2.24, 2.45) is 0 Å². The van der Waals surface area contributed by atoms with Gasteiger partial charge in [0.15, 0.2) is 0 Å². The van der Waals surface area contributed by atoms with E-state index in [1.807, 2.05) is 0 Å². The van der Waals surface area contributed by atoms with E-state index < -0.39 is 0 Å². The van der Waals surface area contributed by atoms with Gasteiger partial charge in [0.25, 0.3) is 0 Å². The highest BCUT2D eigenvalue weighted by molar-refractivity contribution is 6.28. The van der Waals surface area contributed by atoms with Crippen LogP contribution in [0.4, 0.5) is 0 Å². The number of aromatic nitrogens is 3. The van der Waals surface area contributed by atoms with Crippen LogP contribution in [0.5, 0.6) is 0 Å². The van der Waals surface area contributed by atoms with Gasteiger partial charge < -0.3 is 13.7 Å². The molecule has 0 aliphatic rings. The van der Waals surface area contributed by atoms with Crippen LogP contribution in [0, 0.1) is 0 Å². The number of hydrogen-bond donors (Lipinski definition) is 0. The van der Waals surface area contributed by atoms with Crippen LogP contribution in [0.2, 0.25) is 0 Å². The molecule has 0 bridgehead atoms. The first-order chi connectivity index (χ1) is 25.3. The summed E-state index contributed by atoms with van der Waals surface area (Å²) in [6.45, 7) is 0. The van der Waals surface area contributed by atoms with Crippen LogP contribution in [0.25, 0.3) is 93.6 Å². The Morgan fingerprint density at radius 3 is 1.20 bits per heavy atom. The minimum absolute atomic E-state index is 1.15. The van der Waals surface area contributed by atoms with Crippen LogP contribution < -0.4 is 0 Å². The van der Waals surface area contributed by atoms with E-state index >= 15 is 0 Å². The summed E-state index contributed by atoms with van der Waals surface area (Å²) in [5.41, 5.74) is 13.2. The zero-order valence-electron chi connectivity index (χ0n) is 27.7. The minimum Gasteiger partial charge on any atom is -0.309 e. The molecule has 0 aliphatic heterocycles. The third-order valence-corrected chi connectivity index (χ3v) is 10.6. The van der Waals surface area contributed by atoms with Gasteiger partial charge in [0.2, 0.25) is 0 Å². The molecule has 0 radical (unpaired) electrons. The molecule has 11 rings (SSSR count). The Hall–Kier alpha value is -6.84. The largest absolute Gasteiger partial charge is 0.309 e. The fourth-order valence-corrected chi connectivity index (χ4v) is 8.48. The highest BCUT2D eigenvalue weighted by Gasteiger charge is 2.20. The molecule has 0 amide bonds. The normalized spacial score (nSPS) is 11.9. The van der Waals surface area contributed by atoms with Gasteiger partial charge in [-0.15, -0.1) is 0 Å². The van der Waals surface area contributed by atoms with Gasteiger partial charge in [-0.1, -0.05) is 115 Å². The lowest BCUT2D eigenvalue weighted by molar-refractivity contribution is 1.17. The van der Waals surface area contributed by atoms with E-state index in [0.717, 1.165) is 11.4 Å². The second-order valence-electron chi connectivity index (χ2n) is 13.4. The number of rotatable bonds is 4. The van der Waals surface area contributed by atoms with E-state index in [9.17, 15) is 0 Å². The number of hydrogen-bond acceptors (Lipinski definition) is 0. The summed E-state index contributed by atoms with van der Waals surface area (Å²) in [7, 11) is 0. The lowest BCUT2D eigenvalue weighted by atomic mass is 10.0. The van der Waals surface area contributed by atoms with Crippen LogP contribution in [-0.4, -0.2) is 13.7 Å². The maximum absolute atomic E-state index is 2.43. The van der Waals surface area contributed by atoms with Crippen LogP contribution in [0.3, 0.4) is 0 Å². The van der Waals surface area contributed by atoms with Crippen molar-refractivity contribution in [1.82, 2.24) is 13.7 Å². The van der Waals surface area contributed by atoms with E-state index in [1.54, 1.807) is 0 Å². The van der Waals surface area contributed by atoms with Crippen LogP contribution in [0.1, 0.15) is 0 Å². The topological polar surface area (TPSA) is 14.8 Å². The van der Waals surface area contributed by atoms with Gasteiger partial charge >= 0.3 is 0 Å². The third kappa shape index (κ3) is 4.06. The zero-order valence-corrected chi connectivity index (χ0v) is 27.7. The van der Waals surface area contributed by atoms with E-state index in [0.29, 0.717) is 0 Å². The van der Waals surface area contributed by atoms with Crippen molar-refractivity contribution in [3.05, 3.63) is 188 Å². The predicted octanol–water partition coefficient (Wildman–Crippen LogP) is 12.6. The Labute approximate surface area is 294 Å². The molecule has 3 heteroatoms. The van der Waals surface area contributed by atoms with Gasteiger partial charge in [-0.05, 0) is 83.9 Å². The number of nitrogens with zero attached hydrogens (tertiary/aromatic N) is 3. The summed E-state index contributed by atoms with van der Waals surface area (Å²) in [5, 5.41) is 7.66. The molecule has 0 saturated heterocycles. The molecule has 0 N–H and O–H groups in total. The summed E-state index contributed by atoms with van der Waals surface area (Å²) in [4.78, 5) is 0. The van der Waals surface area contributed by atoms with Gasteiger partial charge in [-0.2, -0.15) is 0 Å². The average Bonchev–Trinajstić information content (AvgIpc) is 3.84. The number of para-hydroxylation sites is 5. The van der Waals surface area contributed by atoms with Crippen LogP contribution in [-0.2, 0) is 0 Å². The van der Waals surface area contributed by atoms with Gasteiger partial charge in [-0.25, -0.2) is 0 Å².